The maximum absolute atomic E-state index is 12.6. The van der Waals surface area contributed by atoms with Gasteiger partial charge in [0.25, 0.3) is 0 Å². The molecule has 0 aliphatic heterocycles. The van der Waals surface area contributed by atoms with Crippen LogP contribution in [0.2, 0.25) is 0 Å². The van der Waals surface area contributed by atoms with Gasteiger partial charge in [-0.15, -0.1) is 0 Å². The van der Waals surface area contributed by atoms with E-state index in [1.54, 1.807) is 13.3 Å². The van der Waals surface area contributed by atoms with Crippen molar-refractivity contribution in [2.24, 2.45) is 23.7 Å². The van der Waals surface area contributed by atoms with E-state index in [-0.39, 0.29) is 30.2 Å². The fraction of sp³-hybridized carbons (Fsp3) is 0.510. The Kier molecular flexibility index (Phi) is 18.0. The standard InChI is InChI=1S/C26H33FN2O2.C23H28N2O4/c1-2-23(31)14-9-20-5-10-21(11-6-20)24(18-30)26-16-15-25(28-29-26)22-12-7-19(8-13-22)4-3-17-27;1-3-4-5-21(26)16-8-11-19(23(27)28)20(14-16)22-18(12-13-24-25-22)15-6-9-17(29-2)10-7-15/h7-8,12-13,15-16,18,20-21,24H,2-6,9-11,14,17H2,1H3;6-7,9-10,12-13,16,19-20H,3-5,8,11,14H2,1-2H3,(H,27,28). The lowest BCUT2D eigenvalue weighted by Crippen LogP contribution is -2.33. The van der Waals surface area contributed by atoms with Crippen LogP contribution in [0.4, 0.5) is 4.39 Å². The summed E-state index contributed by atoms with van der Waals surface area (Å²) in [7, 11) is 1.61. The number of carbonyl (C=O) groups is 4. The molecule has 2 fully saturated rings. The Balaban J connectivity index is 0.000000228. The fourth-order valence-electron chi connectivity index (χ4n) is 8.83. The third kappa shape index (κ3) is 12.7. The van der Waals surface area contributed by atoms with Gasteiger partial charge in [-0.3, -0.25) is 18.8 Å². The molecule has 1 N–H and O–H groups in total. The molecule has 60 heavy (non-hydrogen) atoms. The lowest BCUT2D eigenvalue weighted by Gasteiger charge is -2.33. The Labute approximate surface area is 354 Å². The van der Waals surface area contributed by atoms with Crippen LogP contribution in [0, 0.1) is 23.7 Å². The summed E-state index contributed by atoms with van der Waals surface area (Å²) in [6.45, 7) is 3.69. The number of rotatable bonds is 19. The molecule has 6 rings (SSSR count). The number of aliphatic carboxylic acids is 1. The quantitative estimate of drug-likeness (QED) is 0.0906. The number of methoxy groups -OCH3 is 1. The van der Waals surface area contributed by atoms with Gasteiger partial charge in [0, 0.05) is 42.2 Å². The number of ketones is 2. The molecule has 0 spiro atoms. The average molecular weight is 821 g/mol. The number of aryl methyl sites for hydroxylation is 1. The van der Waals surface area contributed by atoms with Crippen molar-refractivity contribution < 1.29 is 33.4 Å². The van der Waals surface area contributed by atoms with Crippen LogP contribution in [-0.2, 0) is 25.6 Å². The van der Waals surface area contributed by atoms with Crippen molar-refractivity contribution in [2.75, 3.05) is 13.8 Å². The zero-order chi connectivity index (χ0) is 42.9. The van der Waals surface area contributed by atoms with Crippen LogP contribution >= 0.6 is 0 Å². The summed E-state index contributed by atoms with van der Waals surface area (Å²) >= 11 is 0. The highest BCUT2D eigenvalue weighted by Gasteiger charge is 2.40. The van der Waals surface area contributed by atoms with Gasteiger partial charge in [-0.25, -0.2) is 0 Å². The van der Waals surface area contributed by atoms with Crippen LogP contribution in [0.5, 0.6) is 5.75 Å². The largest absolute Gasteiger partial charge is 0.497 e. The molecule has 2 aliphatic rings. The first-order valence-electron chi connectivity index (χ1n) is 21.9. The van der Waals surface area contributed by atoms with Gasteiger partial charge >= 0.3 is 5.97 Å². The topological polar surface area (TPSA) is 149 Å². The summed E-state index contributed by atoms with van der Waals surface area (Å²) in [5.41, 5.74) is 6.05. The number of aromatic nitrogens is 4. The van der Waals surface area contributed by atoms with E-state index in [9.17, 15) is 28.7 Å². The number of alkyl halides is 1. The van der Waals surface area contributed by atoms with E-state index in [1.807, 2.05) is 73.7 Å². The summed E-state index contributed by atoms with van der Waals surface area (Å²) in [5, 5.41) is 27.0. The van der Waals surface area contributed by atoms with E-state index in [0.29, 0.717) is 68.3 Å². The minimum atomic E-state index is -0.833. The molecule has 4 unspecified atom stereocenters. The van der Waals surface area contributed by atoms with Crippen molar-refractivity contribution in [3.8, 4) is 28.1 Å². The van der Waals surface area contributed by atoms with E-state index < -0.39 is 11.9 Å². The Morgan fingerprint density at radius 2 is 1.58 bits per heavy atom. The second-order valence-corrected chi connectivity index (χ2v) is 16.4. The second kappa shape index (κ2) is 23.6. The molecule has 4 aromatic rings. The van der Waals surface area contributed by atoms with E-state index >= 15 is 0 Å². The number of benzene rings is 2. The van der Waals surface area contributed by atoms with E-state index in [0.717, 1.165) is 97.0 Å². The molecule has 2 aromatic heterocycles. The minimum absolute atomic E-state index is 0.104. The molecule has 0 radical (unpaired) electrons. The molecule has 2 heterocycles. The van der Waals surface area contributed by atoms with Crippen LogP contribution in [0.15, 0.2) is 72.9 Å². The highest BCUT2D eigenvalue weighted by Crippen LogP contribution is 2.44. The van der Waals surface area contributed by atoms with Gasteiger partial charge in [0.1, 0.15) is 23.6 Å². The summed E-state index contributed by atoms with van der Waals surface area (Å²) in [6.07, 6.45) is 14.4. The molecule has 10 nitrogen and oxygen atoms in total. The summed E-state index contributed by atoms with van der Waals surface area (Å²) in [4.78, 5) is 48.1. The third-order valence-corrected chi connectivity index (χ3v) is 12.5. The highest BCUT2D eigenvalue weighted by molar-refractivity contribution is 5.82. The van der Waals surface area contributed by atoms with Crippen molar-refractivity contribution in [3.05, 3.63) is 89.9 Å². The molecule has 0 saturated heterocycles. The van der Waals surface area contributed by atoms with Gasteiger partial charge in [-0.2, -0.15) is 20.4 Å². The smallest absolute Gasteiger partial charge is 0.307 e. The molecule has 11 heteroatoms. The lowest BCUT2D eigenvalue weighted by atomic mass is 9.70. The Hall–Kier alpha value is -5.19. The molecular formula is C49H61FN4O6. The van der Waals surface area contributed by atoms with E-state index in [1.165, 1.54) is 0 Å². The summed E-state index contributed by atoms with van der Waals surface area (Å²) in [5.74, 6) is 0.192. The maximum atomic E-state index is 12.6. The van der Waals surface area contributed by atoms with Gasteiger partial charge in [0.2, 0.25) is 0 Å². The molecule has 2 saturated carbocycles. The Bertz CT molecular complexity index is 1970. The van der Waals surface area contributed by atoms with E-state index in [2.05, 4.69) is 27.3 Å². The van der Waals surface area contributed by atoms with Crippen LogP contribution in [0.25, 0.3) is 22.4 Å². The maximum Gasteiger partial charge on any atom is 0.307 e. The lowest BCUT2D eigenvalue weighted by molar-refractivity contribution is -0.145. The summed E-state index contributed by atoms with van der Waals surface area (Å²) < 4.78 is 17.6. The molecule has 0 amide bonds. The van der Waals surface area contributed by atoms with Gasteiger partial charge in [-0.1, -0.05) is 69.5 Å². The third-order valence-electron chi connectivity index (χ3n) is 12.5. The number of hydrogen-bond donors (Lipinski definition) is 1. The zero-order valence-electron chi connectivity index (χ0n) is 35.4. The molecule has 0 bridgehead atoms. The number of unbranched alkanes of at least 4 members (excludes halogenated alkanes) is 1. The van der Waals surface area contributed by atoms with Crippen molar-refractivity contribution in [1.29, 1.82) is 0 Å². The van der Waals surface area contributed by atoms with Crippen LogP contribution in [0.3, 0.4) is 0 Å². The Morgan fingerprint density at radius 3 is 2.20 bits per heavy atom. The molecular weight excluding hydrogens is 760 g/mol. The molecule has 320 valence electrons. The van der Waals surface area contributed by atoms with Crippen molar-refractivity contribution >= 4 is 23.8 Å². The van der Waals surface area contributed by atoms with Gasteiger partial charge in [-0.05, 0) is 111 Å². The average Bonchev–Trinajstić information content (AvgIpc) is 3.30. The first kappa shape index (κ1) is 45.9. The van der Waals surface area contributed by atoms with Gasteiger partial charge in [0.05, 0.1) is 48.9 Å². The number of ether oxygens (including phenoxy) is 1. The highest BCUT2D eigenvalue weighted by atomic mass is 19.1. The van der Waals surface area contributed by atoms with Gasteiger partial charge < -0.3 is 14.6 Å². The molecule has 2 aromatic carbocycles. The SMILES string of the molecule is CCC(=O)CCC1CCC(C(C=O)c2ccc(-c3ccc(CCCF)cc3)nn2)CC1.CCCCC(=O)C1CCC(C(=O)O)C(c2nnccc2-c2ccc(OC)cc2)C1. The fourth-order valence-corrected chi connectivity index (χ4v) is 8.83. The van der Waals surface area contributed by atoms with Gasteiger partial charge in [0.15, 0.2) is 0 Å². The first-order valence-corrected chi connectivity index (χ1v) is 21.9. The van der Waals surface area contributed by atoms with Crippen LogP contribution in [0.1, 0.15) is 133 Å². The number of halogens is 1. The van der Waals surface area contributed by atoms with Crippen molar-refractivity contribution in [1.82, 2.24) is 20.4 Å². The zero-order valence-corrected chi connectivity index (χ0v) is 35.4. The molecule has 2 aliphatic carbocycles. The van der Waals surface area contributed by atoms with Crippen LogP contribution in [-0.4, -0.2) is 63.1 Å². The number of carbonyl (C=O) groups excluding carboxylic acids is 3. The number of carboxylic acid groups (broad SMARTS) is 1. The second-order valence-electron chi connectivity index (χ2n) is 16.4. The first-order chi connectivity index (χ1) is 29.2. The van der Waals surface area contributed by atoms with Crippen molar-refractivity contribution in [2.45, 2.75) is 122 Å². The summed E-state index contributed by atoms with van der Waals surface area (Å²) in [6, 6.07) is 21.3. The van der Waals surface area contributed by atoms with Crippen molar-refractivity contribution in [3.63, 3.8) is 0 Å². The number of nitrogens with zero attached hydrogens (tertiary/aromatic N) is 4. The number of hydrogen-bond acceptors (Lipinski definition) is 9. The number of Topliss-reactive ketones (excluding diaryl/α,β-unsaturated/α-hetero) is 2. The molecule has 4 atom stereocenters. The predicted octanol–water partition coefficient (Wildman–Crippen LogP) is 10.4. The predicted molar refractivity (Wildman–Crippen MR) is 230 cm³/mol. The monoisotopic (exact) mass is 820 g/mol. The minimum Gasteiger partial charge on any atom is -0.497 e. The normalized spacial score (nSPS) is 20.6. The Morgan fingerprint density at radius 1 is 0.850 bits per heavy atom. The van der Waals surface area contributed by atoms with Crippen LogP contribution < -0.4 is 4.74 Å². The van der Waals surface area contributed by atoms with E-state index in [4.69, 9.17) is 4.74 Å². The number of aldehydes is 1. The number of carboxylic acids is 1.